The third-order valence-electron chi connectivity index (χ3n) is 3.35. The van der Waals surface area contributed by atoms with E-state index < -0.39 is 11.7 Å². The van der Waals surface area contributed by atoms with E-state index in [9.17, 15) is 13.2 Å². The molecule has 1 rings (SSSR count). The molecule has 0 heterocycles. The van der Waals surface area contributed by atoms with Crippen LogP contribution < -0.4 is 5.32 Å². The predicted molar refractivity (Wildman–Crippen MR) is 76.5 cm³/mol. The molecule has 0 aliphatic heterocycles. The van der Waals surface area contributed by atoms with E-state index in [2.05, 4.69) is 12.2 Å². The zero-order chi connectivity index (χ0) is 14.8. The molecule has 114 valence electrons. The van der Waals surface area contributed by atoms with Gasteiger partial charge in [-0.15, -0.1) is 0 Å². The summed E-state index contributed by atoms with van der Waals surface area (Å²) in [5.41, 5.74) is -0.207. The average Bonchev–Trinajstić information content (AvgIpc) is 2.41. The fourth-order valence-electron chi connectivity index (χ4n) is 2.20. The Kier molecular flexibility index (Phi) is 7.67. The van der Waals surface area contributed by atoms with Crippen LogP contribution in [0.5, 0.6) is 0 Å². The molecular weight excluding hydrogens is 263 g/mol. The Bertz CT molecular complexity index is 374. The van der Waals surface area contributed by atoms with Crippen LogP contribution in [0.25, 0.3) is 0 Å². The molecule has 0 atom stereocenters. The van der Waals surface area contributed by atoms with Crippen molar-refractivity contribution >= 4 is 0 Å². The van der Waals surface area contributed by atoms with Gasteiger partial charge in [0.25, 0.3) is 0 Å². The molecule has 0 saturated carbocycles. The molecule has 0 fully saturated rings. The van der Waals surface area contributed by atoms with Crippen LogP contribution >= 0.6 is 0 Å². The summed E-state index contributed by atoms with van der Waals surface area (Å²) in [5, 5.41) is 3.11. The average molecular weight is 287 g/mol. The van der Waals surface area contributed by atoms with Gasteiger partial charge in [-0.25, -0.2) is 0 Å². The van der Waals surface area contributed by atoms with Crippen LogP contribution in [0.4, 0.5) is 13.2 Å². The molecule has 0 spiro atoms. The molecule has 0 saturated heterocycles. The maximum atomic E-state index is 12.8. The number of unbranched alkanes of at least 4 members (excludes halogenated alkanes) is 5. The quantitative estimate of drug-likeness (QED) is 0.619. The summed E-state index contributed by atoms with van der Waals surface area (Å²) in [5.74, 6) is 0. The van der Waals surface area contributed by atoms with E-state index in [0.717, 1.165) is 25.5 Å². The van der Waals surface area contributed by atoms with Crippen molar-refractivity contribution in [1.82, 2.24) is 5.32 Å². The number of alkyl halides is 3. The first-order valence-electron chi connectivity index (χ1n) is 7.41. The summed E-state index contributed by atoms with van der Waals surface area (Å²) in [7, 11) is 0. The maximum Gasteiger partial charge on any atom is 0.416 e. The van der Waals surface area contributed by atoms with E-state index in [-0.39, 0.29) is 6.54 Å². The summed E-state index contributed by atoms with van der Waals surface area (Å²) in [6.45, 7) is 3.24. The second-order valence-corrected chi connectivity index (χ2v) is 5.10. The third-order valence-corrected chi connectivity index (χ3v) is 3.35. The van der Waals surface area contributed by atoms with E-state index >= 15 is 0 Å². The summed E-state index contributed by atoms with van der Waals surface area (Å²) >= 11 is 0. The second kappa shape index (κ2) is 9.01. The highest BCUT2D eigenvalue weighted by atomic mass is 19.4. The number of rotatable bonds is 9. The monoisotopic (exact) mass is 287 g/mol. The van der Waals surface area contributed by atoms with Gasteiger partial charge in [-0.2, -0.15) is 13.2 Å². The number of nitrogens with one attached hydrogen (secondary N) is 1. The Morgan fingerprint density at radius 1 is 0.950 bits per heavy atom. The standard InChI is InChI=1S/C16H24F3N/c1-2-3-4-5-6-9-12-20-13-14-10-7-8-11-15(14)16(17,18)19/h7-8,10-11,20H,2-6,9,12-13H2,1H3. The van der Waals surface area contributed by atoms with Gasteiger partial charge in [-0.3, -0.25) is 0 Å². The fourth-order valence-corrected chi connectivity index (χ4v) is 2.20. The number of hydrogen-bond donors (Lipinski definition) is 1. The Morgan fingerprint density at radius 3 is 2.30 bits per heavy atom. The van der Waals surface area contributed by atoms with Crippen LogP contribution in [0.2, 0.25) is 0 Å². The minimum atomic E-state index is -4.27. The van der Waals surface area contributed by atoms with Crippen molar-refractivity contribution in [3.63, 3.8) is 0 Å². The van der Waals surface area contributed by atoms with Crippen LogP contribution in [-0.2, 0) is 12.7 Å². The lowest BCUT2D eigenvalue weighted by atomic mass is 10.1. The highest BCUT2D eigenvalue weighted by molar-refractivity contribution is 5.29. The molecule has 0 bridgehead atoms. The minimum Gasteiger partial charge on any atom is -0.313 e. The van der Waals surface area contributed by atoms with Gasteiger partial charge in [0.05, 0.1) is 5.56 Å². The zero-order valence-electron chi connectivity index (χ0n) is 12.1. The third kappa shape index (κ3) is 6.42. The van der Waals surface area contributed by atoms with Crippen LogP contribution in [-0.4, -0.2) is 6.54 Å². The lowest BCUT2D eigenvalue weighted by Crippen LogP contribution is -2.18. The Morgan fingerprint density at radius 2 is 1.60 bits per heavy atom. The Balaban J connectivity index is 2.26. The van der Waals surface area contributed by atoms with Crippen molar-refractivity contribution in [3.05, 3.63) is 35.4 Å². The molecule has 0 aliphatic carbocycles. The molecule has 1 aromatic carbocycles. The molecule has 0 radical (unpaired) electrons. The van der Waals surface area contributed by atoms with E-state index in [0.29, 0.717) is 5.56 Å². The molecule has 1 N–H and O–H groups in total. The van der Waals surface area contributed by atoms with Crippen molar-refractivity contribution in [2.45, 2.75) is 58.2 Å². The molecule has 0 amide bonds. The molecule has 1 nitrogen and oxygen atoms in total. The van der Waals surface area contributed by atoms with Gasteiger partial charge in [0.15, 0.2) is 0 Å². The van der Waals surface area contributed by atoms with Gasteiger partial charge in [0.2, 0.25) is 0 Å². The van der Waals surface area contributed by atoms with E-state index in [4.69, 9.17) is 0 Å². The van der Waals surface area contributed by atoms with Gasteiger partial charge in [0.1, 0.15) is 0 Å². The van der Waals surface area contributed by atoms with Crippen LogP contribution in [0, 0.1) is 0 Å². The highest BCUT2D eigenvalue weighted by Crippen LogP contribution is 2.31. The van der Waals surface area contributed by atoms with E-state index in [1.165, 1.54) is 37.8 Å². The van der Waals surface area contributed by atoms with E-state index in [1.807, 2.05) is 0 Å². The topological polar surface area (TPSA) is 12.0 Å². The van der Waals surface area contributed by atoms with Gasteiger partial charge in [-0.05, 0) is 24.6 Å². The zero-order valence-corrected chi connectivity index (χ0v) is 12.1. The molecule has 0 aromatic heterocycles. The van der Waals surface area contributed by atoms with Crippen LogP contribution in [0.1, 0.15) is 56.6 Å². The normalized spacial score (nSPS) is 11.8. The van der Waals surface area contributed by atoms with Gasteiger partial charge < -0.3 is 5.32 Å². The predicted octanol–water partition coefficient (Wildman–Crippen LogP) is 5.16. The summed E-state index contributed by atoms with van der Waals surface area (Å²) in [6.07, 6.45) is 2.88. The fraction of sp³-hybridized carbons (Fsp3) is 0.625. The highest BCUT2D eigenvalue weighted by Gasteiger charge is 2.32. The number of hydrogen-bond acceptors (Lipinski definition) is 1. The van der Waals surface area contributed by atoms with Gasteiger partial charge >= 0.3 is 6.18 Å². The lowest BCUT2D eigenvalue weighted by molar-refractivity contribution is -0.138. The first kappa shape index (κ1) is 17.0. The van der Waals surface area contributed by atoms with Crippen molar-refractivity contribution in [2.75, 3.05) is 6.54 Å². The van der Waals surface area contributed by atoms with Crippen molar-refractivity contribution in [3.8, 4) is 0 Å². The van der Waals surface area contributed by atoms with Crippen molar-refractivity contribution in [1.29, 1.82) is 0 Å². The molecule has 20 heavy (non-hydrogen) atoms. The number of benzene rings is 1. The number of halogens is 3. The second-order valence-electron chi connectivity index (χ2n) is 5.10. The first-order chi connectivity index (χ1) is 9.55. The van der Waals surface area contributed by atoms with Gasteiger partial charge in [0, 0.05) is 6.54 Å². The summed E-state index contributed by atoms with van der Waals surface area (Å²) < 4.78 is 38.3. The summed E-state index contributed by atoms with van der Waals surface area (Å²) in [4.78, 5) is 0. The SMILES string of the molecule is CCCCCCCCNCc1ccccc1C(F)(F)F. The summed E-state index contributed by atoms with van der Waals surface area (Å²) in [6, 6.07) is 5.76. The van der Waals surface area contributed by atoms with E-state index in [1.54, 1.807) is 6.07 Å². The first-order valence-corrected chi connectivity index (χ1v) is 7.41. The van der Waals surface area contributed by atoms with Crippen LogP contribution in [0.3, 0.4) is 0 Å². The van der Waals surface area contributed by atoms with Gasteiger partial charge in [-0.1, -0.05) is 57.2 Å². The minimum absolute atomic E-state index is 0.282. The molecular formula is C16H24F3N. The smallest absolute Gasteiger partial charge is 0.313 e. The van der Waals surface area contributed by atoms with Crippen LogP contribution in [0.15, 0.2) is 24.3 Å². The Hall–Kier alpha value is -1.03. The lowest BCUT2D eigenvalue weighted by Gasteiger charge is -2.13. The van der Waals surface area contributed by atoms with Crippen molar-refractivity contribution < 1.29 is 13.2 Å². The molecule has 0 unspecified atom stereocenters. The molecule has 4 heteroatoms. The van der Waals surface area contributed by atoms with Crippen molar-refractivity contribution in [2.24, 2.45) is 0 Å². The molecule has 0 aliphatic rings. The molecule has 1 aromatic rings. The Labute approximate surface area is 119 Å². The maximum absolute atomic E-state index is 12.8. The largest absolute Gasteiger partial charge is 0.416 e.